The Morgan fingerprint density at radius 2 is 1.92 bits per heavy atom. The van der Waals surface area contributed by atoms with Crippen molar-refractivity contribution in [2.24, 2.45) is 0 Å². The quantitative estimate of drug-likeness (QED) is 0.643. The van der Waals surface area contributed by atoms with Gasteiger partial charge in [0, 0.05) is 0 Å². The summed E-state index contributed by atoms with van der Waals surface area (Å²) in [5.74, 6) is 0.937. The van der Waals surface area contributed by atoms with Crippen LogP contribution in [0.15, 0.2) is 36.9 Å². The van der Waals surface area contributed by atoms with Crippen LogP contribution in [-0.2, 0) is 0 Å². The Bertz CT molecular complexity index is 241. The van der Waals surface area contributed by atoms with Crippen LogP contribution < -0.4 is 4.74 Å². The predicted molar refractivity (Wildman–Crippen MR) is 58.2 cm³/mol. The highest BCUT2D eigenvalue weighted by molar-refractivity contribution is 5.31. The van der Waals surface area contributed by atoms with Crippen LogP contribution in [0.4, 0.5) is 0 Å². The van der Waals surface area contributed by atoms with Gasteiger partial charge in [0.25, 0.3) is 0 Å². The van der Waals surface area contributed by atoms with Gasteiger partial charge in [-0.15, -0.1) is 0 Å². The molecule has 1 aromatic rings. The molecule has 0 atom stereocenters. The molecule has 1 nitrogen and oxygen atoms in total. The molecule has 0 aliphatic heterocycles. The molecule has 0 bridgehead atoms. The Morgan fingerprint density at radius 3 is 2.46 bits per heavy atom. The van der Waals surface area contributed by atoms with E-state index in [2.05, 4.69) is 6.58 Å². The summed E-state index contributed by atoms with van der Waals surface area (Å²) < 4.78 is 5.37. The molecule has 1 heteroatoms. The molecule has 0 spiro atoms. The molecule has 0 unspecified atom stereocenters. The van der Waals surface area contributed by atoms with Crippen molar-refractivity contribution in [3.05, 3.63) is 42.5 Å². The first-order chi connectivity index (χ1) is 6.34. The summed E-state index contributed by atoms with van der Waals surface area (Å²) in [5, 5.41) is 0. The van der Waals surface area contributed by atoms with Gasteiger partial charge in [-0.05, 0) is 18.6 Å². The molecule has 0 heterocycles. The van der Waals surface area contributed by atoms with E-state index in [0.717, 1.165) is 11.3 Å². The molecule has 0 fully saturated rings. The summed E-state index contributed by atoms with van der Waals surface area (Å²) in [6.07, 6.45) is 1.74. The first kappa shape index (κ1) is 11.8. The molecule has 1 aromatic carbocycles. The number of ether oxygens (including phenoxy) is 1. The van der Waals surface area contributed by atoms with E-state index in [0.29, 0.717) is 6.61 Å². The SMILES string of the molecule is C=CCOc1ccccc1C.CC. The molecule has 0 aromatic heterocycles. The zero-order chi connectivity index (χ0) is 10.1. The van der Waals surface area contributed by atoms with Crippen molar-refractivity contribution in [3.8, 4) is 5.75 Å². The molecule has 0 radical (unpaired) electrons. The Balaban J connectivity index is 0.000000671. The second kappa shape index (κ2) is 7.41. The van der Waals surface area contributed by atoms with E-state index in [4.69, 9.17) is 4.74 Å². The molecular weight excluding hydrogens is 160 g/mol. The van der Waals surface area contributed by atoms with E-state index in [9.17, 15) is 0 Å². The maximum absolute atomic E-state index is 5.37. The first-order valence-corrected chi connectivity index (χ1v) is 4.64. The standard InChI is InChI=1S/C10H12O.C2H6/c1-3-8-11-10-7-5-4-6-9(10)2;1-2/h3-7H,1,8H2,2H3;1-2H3. The van der Waals surface area contributed by atoms with Crippen LogP contribution in [0, 0.1) is 6.92 Å². The van der Waals surface area contributed by atoms with Gasteiger partial charge in [0.05, 0.1) is 0 Å². The maximum atomic E-state index is 5.37. The molecule has 72 valence electrons. The first-order valence-electron chi connectivity index (χ1n) is 4.64. The number of para-hydroxylation sites is 1. The second-order valence-corrected chi connectivity index (χ2v) is 2.37. The number of hydrogen-bond acceptors (Lipinski definition) is 1. The van der Waals surface area contributed by atoms with E-state index in [1.165, 1.54) is 0 Å². The zero-order valence-corrected chi connectivity index (χ0v) is 8.71. The lowest BCUT2D eigenvalue weighted by Crippen LogP contribution is -1.93. The number of aryl methyl sites for hydroxylation is 1. The summed E-state index contributed by atoms with van der Waals surface area (Å²) in [5.41, 5.74) is 1.16. The summed E-state index contributed by atoms with van der Waals surface area (Å²) in [4.78, 5) is 0. The molecule has 0 N–H and O–H groups in total. The number of rotatable bonds is 3. The Labute approximate surface area is 81.1 Å². The fourth-order valence-corrected chi connectivity index (χ4v) is 0.867. The third kappa shape index (κ3) is 4.36. The van der Waals surface area contributed by atoms with Gasteiger partial charge in [-0.2, -0.15) is 0 Å². The second-order valence-electron chi connectivity index (χ2n) is 2.37. The highest BCUT2D eigenvalue weighted by Crippen LogP contribution is 2.15. The molecule has 0 aliphatic rings. The van der Waals surface area contributed by atoms with Crippen LogP contribution in [0.25, 0.3) is 0 Å². The number of benzene rings is 1. The van der Waals surface area contributed by atoms with Gasteiger partial charge in [0.1, 0.15) is 12.4 Å². The van der Waals surface area contributed by atoms with Crippen molar-refractivity contribution >= 4 is 0 Å². The monoisotopic (exact) mass is 178 g/mol. The van der Waals surface area contributed by atoms with E-state index >= 15 is 0 Å². The highest BCUT2D eigenvalue weighted by Gasteiger charge is 1.93. The minimum Gasteiger partial charge on any atom is -0.489 e. The van der Waals surface area contributed by atoms with Crippen LogP contribution in [0.2, 0.25) is 0 Å². The highest BCUT2D eigenvalue weighted by atomic mass is 16.5. The van der Waals surface area contributed by atoms with Crippen LogP contribution in [-0.4, -0.2) is 6.61 Å². The zero-order valence-electron chi connectivity index (χ0n) is 8.71. The van der Waals surface area contributed by atoms with Crippen molar-refractivity contribution in [3.63, 3.8) is 0 Å². The lowest BCUT2D eigenvalue weighted by Gasteiger charge is -2.04. The molecule has 0 saturated heterocycles. The van der Waals surface area contributed by atoms with Gasteiger partial charge in [-0.25, -0.2) is 0 Å². The van der Waals surface area contributed by atoms with Crippen LogP contribution >= 0.6 is 0 Å². The van der Waals surface area contributed by atoms with E-state index in [1.807, 2.05) is 45.0 Å². The molecule has 1 rings (SSSR count). The maximum Gasteiger partial charge on any atom is 0.122 e. The fraction of sp³-hybridized carbons (Fsp3) is 0.333. The summed E-state index contributed by atoms with van der Waals surface area (Å²) in [6, 6.07) is 7.94. The van der Waals surface area contributed by atoms with E-state index in [-0.39, 0.29) is 0 Å². The van der Waals surface area contributed by atoms with Crippen molar-refractivity contribution in [2.45, 2.75) is 20.8 Å². The number of hydrogen-bond donors (Lipinski definition) is 0. The van der Waals surface area contributed by atoms with Crippen LogP contribution in [0.5, 0.6) is 5.75 Å². The summed E-state index contributed by atoms with van der Waals surface area (Å²) in [6.45, 7) is 10.2. The van der Waals surface area contributed by atoms with Gasteiger partial charge >= 0.3 is 0 Å². The van der Waals surface area contributed by atoms with Crippen LogP contribution in [0.1, 0.15) is 19.4 Å². The van der Waals surface area contributed by atoms with Crippen molar-refractivity contribution in [2.75, 3.05) is 6.61 Å². The lowest BCUT2D eigenvalue weighted by atomic mass is 10.2. The Morgan fingerprint density at radius 1 is 1.31 bits per heavy atom. The van der Waals surface area contributed by atoms with Crippen molar-refractivity contribution in [1.29, 1.82) is 0 Å². The Hall–Kier alpha value is -1.24. The fourth-order valence-electron chi connectivity index (χ4n) is 0.867. The summed E-state index contributed by atoms with van der Waals surface area (Å²) in [7, 11) is 0. The third-order valence-electron chi connectivity index (χ3n) is 1.45. The average Bonchev–Trinajstić information content (AvgIpc) is 2.20. The van der Waals surface area contributed by atoms with Crippen LogP contribution in [0.3, 0.4) is 0 Å². The van der Waals surface area contributed by atoms with Crippen molar-refractivity contribution in [1.82, 2.24) is 0 Å². The average molecular weight is 178 g/mol. The minimum absolute atomic E-state index is 0.574. The van der Waals surface area contributed by atoms with Crippen molar-refractivity contribution < 1.29 is 4.74 Å². The molecular formula is C12H18O. The predicted octanol–water partition coefficient (Wildman–Crippen LogP) is 3.59. The third-order valence-corrected chi connectivity index (χ3v) is 1.45. The lowest BCUT2D eigenvalue weighted by molar-refractivity contribution is 0.360. The van der Waals surface area contributed by atoms with E-state index < -0.39 is 0 Å². The molecule has 0 aliphatic carbocycles. The van der Waals surface area contributed by atoms with Gasteiger partial charge in [-0.1, -0.05) is 44.7 Å². The largest absolute Gasteiger partial charge is 0.489 e. The smallest absolute Gasteiger partial charge is 0.122 e. The Kier molecular flexibility index (Phi) is 6.70. The normalized spacial score (nSPS) is 8.23. The molecule has 13 heavy (non-hydrogen) atoms. The van der Waals surface area contributed by atoms with Gasteiger partial charge in [0.15, 0.2) is 0 Å². The van der Waals surface area contributed by atoms with E-state index in [1.54, 1.807) is 6.08 Å². The topological polar surface area (TPSA) is 9.23 Å². The molecule has 0 saturated carbocycles. The van der Waals surface area contributed by atoms with Gasteiger partial charge in [-0.3, -0.25) is 0 Å². The molecule has 0 amide bonds. The summed E-state index contributed by atoms with van der Waals surface area (Å²) >= 11 is 0. The van der Waals surface area contributed by atoms with Gasteiger partial charge in [0.2, 0.25) is 0 Å². The minimum atomic E-state index is 0.574. The van der Waals surface area contributed by atoms with Gasteiger partial charge < -0.3 is 4.74 Å².